The third kappa shape index (κ3) is 53.4. The van der Waals surface area contributed by atoms with Gasteiger partial charge in [0.2, 0.25) is 47.5 Å². The van der Waals surface area contributed by atoms with Crippen LogP contribution in [0.25, 0.3) is 0 Å². The van der Waals surface area contributed by atoms with Crippen molar-refractivity contribution in [2.75, 3.05) is 66.0 Å². The molecule has 0 bridgehead atoms. The molecule has 22 nitrogen and oxygen atoms in total. The van der Waals surface area contributed by atoms with Crippen LogP contribution in [0, 0.1) is 0 Å². The van der Waals surface area contributed by atoms with Gasteiger partial charge in [-0.05, 0) is 71.1 Å². The van der Waals surface area contributed by atoms with Gasteiger partial charge in [0.15, 0.2) is 0 Å². The quantitative estimate of drug-likeness (QED) is 0.0238. The van der Waals surface area contributed by atoms with Gasteiger partial charge in [0.25, 0.3) is 0 Å². The highest BCUT2D eigenvalue weighted by atomic mass is 32.3. The average Bonchev–Trinajstić information content (AvgIpc) is 3.34. The van der Waals surface area contributed by atoms with Crippen LogP contribution >= 0.6 is 0 Å². The van der Waals surface area contributed by atoms with Crippen LogP contribution in [-0.4, -0.2) is 153 Å². The number of rotatable bonds is 57. The first-order valence-electron chi connectivity index (χ1n) is 28.0. The molecule has 0 aliphatic rings. The van der Waals surface area contributed by atoms with Crippen LogP contribution in [0.1, 0.15) is 207 Å². The highest BCUT2D eigenvalue weighted by Crippen LogP contribution is 2.16. The third-order valence-corrected chi connectivity index (χ3v) is 14.0. The van der Waals surface area contributed by atoms with Gasteiger partial charge in [-0.15, -0.1) is 0 Å². The van der Waals surface area contributed by atoms with Gasteiger partial charge in [-0.2, -0.15) is 0 Å². The van der Waals surface area contributed by atoms with E-state index in [4.69, 9.17) is 18.9 Å². The van der Waals surface area contributed by atoms with Crippen LogP contribution in [-0.2, 0) is 82.1 Å². The van der Waals surface area contributed by atoms with E-state index in [1.54, 1.807) is 6.92 Å². The van der Waals surface area contributed by atoms with Crippen molar-refractivity contribution in [2.24, 2.45) is 0 Å². The number of likely N-dealkylation sites (N-methyl/N-ethyl adjacent to an activating group) is 1. The van der Waals surface area contributed by atoms with Crippen molar-refractivity contribution in [3.63, 3.8) is 0 Å². The van der Waals surface area contributed by atoms with E-state index in [2.05, 4.69) is 54.9 Å². The van der Waals surface area contributed by atoms with Crippen molar-refractivity contribution in [3.8, 4) is 0 Å². The molecule has 0 saturated heterocycles. The van der Waals surface area contributed by atoms with Gasteiger partial charge < -0.3 is 42.1 Å². The van der Waals surface area contributed by atoms with Crippen molar-refractivity contribution >= 4 is 47.5 Å². The van der Waals surface area contributed by atoms with Gasteiger partial charge in [0, 0.05) is 19.8 Å². The smallest absolute Gasteiger partial charge is 0.225 e. The van der Waals surface area contributed by atoms with Gasteiger partial charge in [-0.25, -0.2) is 33.7 Å². The minimum absolute atomic E-state index is 0.0482. The Balaban J connectivity index is 5.86. The summed E-state index contributed by atoms with van der Waals surface area (Å²) in [6, 6.07) is -1.31. The van der Waals surface area contributed by atoms with Crippen LogP contribution < -0.4 is 0 Å². The van der Waals surface area contributed by atoms with Crippen molar-refractivity contribution in [1.82, 2.24) is 4.90 Å². The lowest BCUT2D eigenvalue weighted by atomic mass is 10.1. The number of unbranched alkanes of at least 4 members (excludes halogenated alkanes) is 24. The molecule has 0 heterocycles. The molecule has 26 heteroatoms. The van der Waals surface area contributed by atoms with Crippen LogP contribution in [0.15, 0.2) is 24.3 Å². The predicted octanol–water partition coefficient (Wildman–Crippen LogP) is 8.75. The van der Waals surface area contributed by atoms with Crippen molar-refractivity contribution in [3.05, 3.63) is 24.3 Å². The fourth-order valence-corrected chi connectivity index (χ4v) is 9.30. The van der Waals surface area contributed by atoms with Crippen LogP contribution in [0.2, 0.25) is 0 Å². The zero-order valence-corrected chi connectivity index (χ0v) is 49.6. The molecular weight excluding hydrogens is 1090 g/mol. The summed E-state index contributed by atoms with van der Waals surface area (Å²) in [4.78, 5) is 15.4. The molecule has 458 valence electrons. The number of hydrogen-bond donors (Lipinski definition) is 0. The summed E-state index contributed by atoms with van der Waals surface area (Å²) in [6.07, 6.45) is 36.6. The standard InChI is InChI=1S/C51H99NO21S4/c1-4-7-9-11-13-15-17-19-21-23-25-27-29-31-33-35-37-66-42-48(67-38-36-34-32-30-28-26-24-22-20-18-16-14-12-10-8-5-2)39-51(53)52(6-3)47(40-68-49(43-70-74(54,55)56)44-71-75(57,58)59)41-69-50(45-72-76(60,61)62)46-73-77(63,64)65/h19-22,47-50H,4-18,23-46H2,1-3H3,(H,54,55,56)(H,57,58,59)(H,60,61,62)(H,63,64,65)/p-4/b21-19-,22-20-. The summed E-state index contributed by atoms with van der Waals surface area (Å²) in [5, 5.41) is 0. The lowest BCUT2D eigenvalue weighted by Gasteiger charge is -2.34. The Morgan fingerprint density at radius 2 is 0.701 bits per heavy atom. The molecule has 0 N–H and O–H groups in total. The number of amides is 1. The Hall–Kier alpha value is -1.73. The van der Waals surface area contributed by atoms with Gasteiger partial charge >= 0.3 is 0 Å². The topological polar surface area (TPSA) is 323 Å². The fourth-order valence-electron chi connectivity index (χ4n) is 8.03. The zero-order valence-electron chi connectivity index (χ0n) is 46.3. The predicted molar refractivity (Wildman–Crippen MR) is 287 cm³/mol. The summed E-state index contributed by atoms with van der Waals surface area (Å²) in [7, 11) is -21.5. The molecule has 1 unspecified atom stereocenters. The third-order valence-electron chi connectivity index (χ3n) is 12.3. The second-order valence-electron chi connectivity index (χ2n) is 19.2. The van der Waals surface area contributed by atoms with Crippen molar-refractivity contribution in [1.29, 1.82) is 0 Å². The van der Waals surface area contributed by atoms with Crippen LogP contribution in [0.3, 0.4) is 0 Å². The van der Waals surface area contributed by atoms with Crippen LogP contribution in [0.5, 0.6) is 0 Å². The fraction of sp³-hybridized carbons (Fsp3) is 0.902. The normalized spacial score (nSPS) is 13.4. The molecule has 0 aromatic carbocycles. The maximum atomic E-state index is 14.2. The van der Waals surface area contributed by atoms with E-state index < -0.39 is 111 Å². The first-order valence-corrected chi connectivity index (χ1v) is 33.3. The van der Waals surface area contributed by atoms with E-state index in [-0.39, 0.29) is 19.6 Å². The molecule has 0 saturated carbocycles. The Kier molecular flexibility index (Phi) is 46.8. The van der Waals surface area contributed by atoms with Crippen molar-refractivity contribution in [2.45, 2.75) is 231 Å². The molecule has 1 atom stereocenters. The molecule has 0 aromatic rings. The highest BCUT2D eigenvalue weighted by Gasteiger charge is 2.29. The Bertz CT molecular complexity index is 1790. The Labute approximate surface area is 464 Å². The second kappa shape index (κ2) is 47.9. The summed E-state index contributed by atoms with van der Waals surface area (Å²) < 4.78 is 175. The number of carbonyl (C=O) groups is 1. The SMILES string of the molecule is CCCCCCCC/C=C\CCCCCCCCOCC(CC(=O)N(CC)C(COC(COS(=O)(=O)[O-])COS(=O)(=O)[O-])COC(COS(=O)(=O)[O-])COS(=O)(=O)[O-])OCCCCCCCC/C=C\CCCCCCCC. The minimum atomic E-state index is -5.38. The van der Waals surface area contributed by atoms with Crippen molar-refractivity contribution < 1.29 is 92.4 Å². The van der Waals surface area contributed by atoms with Gasteiger partial charge in [0.05, 0.1) is 64.8 Å². The molecule has 0 aliphatic heterocycles. The molecule has 0 rings (SSSR count). The van der Waals surface area contributed by atoms with E-state index in [0.717, 1.165) is 96.3 Å². The number of carbonyl (C=O) groups excluding carboxylic acids is 1. The molecular formula is C51H95NO21S4-4. The Morgan fingerprint density at radius 1 is 0.390 bits per heavy atom. The molecule has 0 fully saturated rings. The molecule has 77 heavy (non-hydrogen) atoms. The summed E-state index contributed by atoms with van der Waals surface area (Å²) in [5.74, 6) is -0.585. The van der Waals surface area contributed by atoms with Gasteiger partial charge in [-0.3, -0.25) is 21.5 Å². The first kappa shape index (κ1) is 75.3. The van der Waals surface area contributed by atoms with E-state index >= 15 is 0 Å². The van der Waals surface area contributed by atoms with E-state index in [1.807, 2.05) is 0 Å². The van der Waals surface area contributed by atoms with Crippen LogP contribution in [0.4, 0.5) is 0 Å². The molecule has 0 aliphatic carbocycles. The van der Waals surface area contributed by atoms with E-state index in [0.29, 0.717) is 19.6 Å². The second-order valence-corrected chi connectivity index (χ2v) is 23.4. The molecule has 0 radical (unpaired) electrons. The number of allylic oxidation sites excluding steroid dienone is 4. The monoisotopic (exact) mass is 1190 g/mol. The minimum Gasteiger partial charge on any atom is -0.726 e. The highest BCUT2D eigenvalue weighted by molar-refractivity contribution is 7.81. The number of nitrogens with zero attached hydrogens (tertiary/aromatic N) is 1. The molecule has 1 amide bonds. The lowest BCUT2D eigenvalue weighted by Crippen LogP contribution is -2.49. The molecule has 0 spiro atoms. The number of ether oxygens (including phenoxy) is 4. The lowest BCUT2D eigenvalue weighted by molar-refractivity contribution is -0.144. The maximum Gasteiger partial charge on any atom is 0.225 e. The number of hydrogen-bond acceptors (Lipinski definition) is 21. The largest absolute Gasteiger partial charge is 0.726 e. The summed E-state index contributed by atoms with van der Waals surface area (Å²) in [6.45, 7) is 0.651. The van der Waals surface area contributed by atoms with Gasteiger partial charge in [0.1, 0.15) is 12.2 Å². The van der Waals surface area contributed by atoms with E-state index in [9.17, 15) is 56.7 Å². The maximum absolute atomic E-state index is 14.2. The zero-order chi connectivity index (χ0) is 57.5. The molecule has 0 aromatic heterocycles. The summed E-state index contributed by atoms with van der Waals surface area (Å²) in [5.41, 5.74) is 0. The van der Waals surface area contributed by atoms with Gasteiger partial charge in [-0.1, -0.05) is 154 Å². The summed E-state index contributed by atoms with van der Waals surface area (Å²) >= 11 is 0. The van der Waals surface area contributed by atoms with E-state index in [1.165, 1.54) is 81.9 Å². The first-order chi connectivity index (χ1) is 36.6. The average molecular weight is 1190 g/mol. The Morgan fingerprint density at radius 3 is 1.03 bits per heavy atom.